The van der Waals surface area contributed by atoms with Gasteiger partial charge in [0.1, 0.15) is 24.4 Å². The number of carbonyl (C=O) groups excluding carboxylic acids is 2. The lowest BCUT2D eigenvalue weighted by molar-refractivity contribution is -0.305. The van der Waals surface area contributed by atoms with E-state index in [-0.39, 0.29) is 13.0 Å². The molecule has 0 spiro atoms. The van der Waals surface area contributed by atoms with Crippen LogP contribution >= 0.6 is 0 Å². The molecular formula is C67H125NO10. The molecule has 0 aromatic rings. The molecule has 1 aliphatic rings. The third-order valence-corrected chi connectivity index (χ3v) is 15.8. The van der Waals surface area contributed by atoms with Crippen molar-refractivity contribution in [1.82, 2.24) is 5.32 Å². The second-order valence-corrected chi connectivity index (χ2v) is 23.2. The molecule has 8 unspecified atom stereocenters. The number of hydrogen-bond donors (Lipinski definition) is 6. The van der Waals surface area contributed by atoms with Gasteiger partial charge in [0.15, 0.2) is 12.4 Å². The number of carbonyl (C=O) groups is 2. The lowest BCUT2D eigenvalue weighted by atomic mass is 9.99. The molecule has 0 aromatic carbocycles. The van der Waals surface area contributed by atoms with Gasteiger partial charge in [-0.1, -0.05) is 288 Å². The number of esters is 1. The molecule has 1 saturated heterocycles. The van der Waals surface area contributed by atoms with Crippen LogP contribution in [0.2, 0.25) is 0 Å². The van der Waals surface area contributed by atoms with Crippen LogP contribution in [0.25, 0.3) is 0 Å². The maximum Gasteiger partial charge on any atom is 0.306 e. The van der Waals surface area contributed by atoms with Crippen LogP contribution in [-0.4, -0.2) is 99.6 Å². The van der Waals surface area contributed by atoms with Crippen molar-refractivity contribution in [1.29, 1.82) is 0 Å². The Balaban J connectivity index is 2.54. The summed E-state index contributed by atoms with van der Waals surface area (Å²) in [7, 11) is 0. The highest BCUT2D eigenvalue weighted by molar-refractivity contribution is 5.80. The van der Waals surface area contributed by atoms with Gasteiger partial charge >= 0.3 is 5.97 Å². The summed E-state index contributed by atoms with van der Waals surface area (Å²) in [5.74, 6) is -1.18. The zero-order valence-corrected chi connectivity index (χ0v) is 50.8. The summed E-state index contributed by atoms with van der Waals surface area (Å²) >= 11 is 0. The Kier molecular flexibility index (Phi) is 52.5. The molecule has 0 aliphatic carbocycles. The van der Waals surface area contributed by atoms with E-state index in [0.29, 0.717) is 19.3 Å². The summed E-state index contributed by atoms with van der Waals surface area (Å²) in [6.07, 6.45) is 56.2. The van der Waals surface area contributed by atoms with E-state index in [1.54, 1.807) is 6.08 Å². The Morgan fingerprint density at radius 3 is 1.33 bits per heavy atom. The van der Waals surface area contributed by atoms with Gasteiger partial charge in [0, 0.05) is 6.42 Å². The summed E-state index contributed by atoms with van der Waals surface area (Å²) in [4.78, 5) is 26.6. The van der Waals surface area contributed by atoms with Crippen molar-refractivity contribution in [2.24, 2.45) is 0 Å². The average molecular weight is 1100 g/mol. The topological polar surface area (TPSA) is 175 Å². The second kappa shape index (κ2) is 55.4. The summed E-state index contributed by atoms with van der Waals surface area (Å²) in [6, 6.07) is -1.02. The van der Waals surface area contributed by atoms with Crippen LogP contribution in [0.4, 0.5) is 0 Å². The predicted molar refractivity (Wildman–Crippen MR) is 324 cm³/mol. The number of nitrogens with one attached hydrogen (secondary N) is 1. The van der Waals surface area contributed by atoms with Gasteiger partial charge in [0.05, 0.1) is 25.4 Å². The highest BCUT2D eigenvalue weighted by Crippen LogP contribution is 2.26. The lowest BCUT2D eigenvalue weighted by Crippen LogP contribution is -2.61. The number of aliphatic hydroxyl groups excluding tert-OH is 5. The monoisotopic (exact) mass is 1100 g/mol. The van der Waals surface area contributed by atoms with E-state index in [2.05, 4.69) is 50.4 Å². The lowest BCUT2D eigenvalue weighted by Gasteiger charge is -2.41. The zero-order valence-electron chi connectivity index (χ0n) is 50.8. The molecular weight excluding hydrogens is 979 g/mol. The van der Waals surface area contributed by atoms with Crippen LogP contribution in [0, 0.1) is 0 Å². The third kappa shape index (κ3) is 42.7. The van der Waals surface area contributed by atoms with Crippen molar-refractivity contribution in [3.05, 3.63) is 36.5 Å². The Labute approximate surface area is 479 Å². The SMILES string of the molecule is CCCCC/C=C\C/C=C\CCCCCCCCCCCCCCCCCC(=O)OC1C(OCC(NC(=O)C(O)CCCCCCCCCCCCCCC)C(O)/C=C/CCCCCCCCCCC)OC(CO)C(O)C1O. The van der Waals surface area contributed by atoms with E-state index in [1.165, 1.54) is 205 Å². The number of allylic oxidation sites excluding steroid dienone is 5. The van der Waals surface area contributed by atoms with Crippen LogP contribution in [0.3, 0.4) is 0 Å². The van der Waals surface area contributed by atoms with Gasteiger partial charge in [0.2, 0.25) is 5.91 Å². The van der Waals surface area contributed by atoms with Crippen molar-refractivity contribution in [3.63, 3.8) is 0 Å². The van der Waals surface area contributed by atoms with E-state index in [0.717, 1.165) is 64.2 Å². The van der Waals surface area contributed by atoms with Gasteiger partial charge < -0.3 is 45.1 Å². The number of rotatable bonds is 57. The smallest absolute Gasteiger partial charge is 0.306 e. The quantitative estimate of drug-likeness (QED) is 0.0195. The van der Waals surface area contributed by atoms with Crippen LogP contribution in [0.5, 0.6) is 0 Å². The molecule has 0 saturated carbocycles. The Hall–Kier alpha value is -2.12. The first-order valence-corrected chi connectivity index (χ1v) is 33.3. The maximum atomic E-state index is 13.4. The number of amides is 1. The molecule has 1 aliphatic heterocycles. The fourth-order valence-corrected chi connectivity index (χ4v) is 10.5. The molecule has 78 heavy (non-hydrogen) atoms. The maximum absolute atomic E-state index is 13.4. The minimum Gasteiger partial charge on any atom is -0.454 e. The fraction of sp³-hybridized carbons (Fsp3) is 0.881. The van der Waals surface area contributed by atoms with Crippen molar-refractivity contribution < 1.29 is 49.3 Å². The average Bonchev–Trinajstić information content (AvgIpc) is 3.44. The minimum atomic E-state index is -1.61. The van der Waals surface area contributed by atoms with Crippen LogP contribution < -0.4 is 5.32 Å². The van der Waals surface area contributed by atoms with Crippen LogP contribution in [0.1, 0.15) is 316 Å². The van der Waals surface area contributed by atoms with E-state index < -0.39 is 67.4 Å². The third-order valence-electron chi connectivity index (χ3n) is 15.8. The standard InChI is InChI=1S/C67H125NO10/c1-4-7-10-13-16-19-22-24-25-26-27-28-29-30-31-32-33-34-35-37-40-43-46-49-52-55-62(72)78-65-64(74)63(73)61(56-69)77-67(65)76-57-58(59(70)53-50-47-44-41-38-21-18-15-12-9-6-3)68-66(75)60(71)54-51-48-45-42-39-36-23-20-17-14-11-8-5-2/h16,19,24-25,50,53,58-61,63-65,67,69-71,73-74H,4-15,17-18,20-23,26-49,51-52,54-57H2,1-3H3,(H,68,75)/b19-16-,25-24-,53-50+. The molecule has 0 radical (unpaired) electrons. The van der Waals surface area contributed by atoms with E-state index in [1.807, 2.05) is 6.08 Å². The molecule has 458 valence electrons. The van der Waals surface area contributed by atoms with Gasteiger partial charge in [-0.25, -0.2) is 0 Å². The molecule has 8 atom stereocenters. The molecule has 6 N–H and O–H groups in total. The highest BCUT2D eigenvalue weighted by Gasteiger charge is 2.47. The van der Waals surface area contributed by atoms with Crippen LogP contribution in [0.15, 0.2) is 36.5 Å². The molecule has 1 rings (SSSR count). The van der Waals surface area contributed by atoms with Crippen LogP contribution in [-0.2, 0) is 23.8 Å². The van der Waals surface area contributed by atoms with Crippen molar-refractivity contribution in [2.75, 3.05) is 13.2 Å². The molecule has 1 heterocycles. The number of aliphatic hydroxyl groups is 5. The predicted octanol–water partition coefficient (Wildman–Crippen LogP) is 16.2. The van der Waals surface area contributed by atoms with Gasteiger partial charge in [-0.05, 0) is 57.8 Å². The number of hydrogen-bond acceptors (Lipinski definition) is 10. The van der Waals surface area contributed by atoms with Crippen molar-refractivity contribution in [2.45, 2.75) is 365 Å². The Morgan fingerprint density at radius 1 is 0.500 bits per heavy atom. The van der Waals surface area contributed by atoms with Gasteiger partial charge in [0.25, 0.3) is 0 Å². The number of unbranched alkanes of at least 4 members (excludes halogenated alkanes) is 39. The summed E-state index contributed by atoms with van der Waals surface area (Å²) in [5.41, 5.74) is 0. The summed E-state index contributed by atoms with van der Waals surface area (Å²) in [5, 5.41) is 57.0. The highest BCUT2D eigenvalue weighted by atomic mass is 16.7. The minimum absolute atomic E-state index is 0.127. The normalized spacial score (nSPS) is 19.1. The van der Waals surface area contributed by atoms with Gasteiger partial charge in [-0.3, -0.25) is 9.59 Å². The van der Waals surface area contributed by atoms with Crippen molar-refractivity contribution >= 4 is 11.9 Å². The summed E-state index contributed by atoms with van der Waals surface area (Å²) in [6.45, 7) is 5.78. The zero-order chi connectivity index (χ0) is 56.8. The second-order valence-electron chi connectivity index (χ2n) is 23.2. The van der Waals surface area contributed by atoms with Gasteiger partial charge in [-0.15, -0.1) is 0 Å². The first-order chi connectivity index (χ1) is 38.2. The Bertz CT molecular complexity index is 1410. The Morgan fingerprint density at radius 2 is 0.885 bits per heavy atom. The first-order valence-electron chi connectivity index (χ1n) is 33.3. The first kappa shape index (κ1) is 73.9. The van der Waals surface area contributed by atoms with E-state index in [9.17, 15) is 35.1 Å². The molecule has 1 amide bonds. The molecule has 0 bridgehead atoms. The molecule has 11 heteroatoms. The molecule has 0 aromatic heterocycles. The fourth-order valence-electron chi connectivity index (χ4n) is 10.5. The number of ether oxygens (including phenoxy) is 3. The summed E-state index contributed by atoms with van der Waals surface area (Å²) < 4.78 is 17.7. The van der Waals surface area contributed by atoms with Crippen molar-refractivity contribution in [3.8, 4) is 0 Å². The van der Waals surface area contributed by atoms with E-state index >= 15 is 0 Å². The largest absolute Gasteiger partial charge is 0.454 e. The molecule has 11 nitrogen and oxygen atoms in total. The molecule has 1 fully saturated rings. The van der Waals surface area contributed by atoms with E-state index in [4.69, 9.17) is 14.2 Å². The van der Waals surface area contributed by atoms with Gasteiger partial charge in [-0.2, -0.15) is 0 Å².